The van der Waals surface area contributed by atoms with E-state index in [0.29, 0.717) is 30.6 Å². The van der Waals surface area contributed by atoms with Crippen LogP contribution in [0.2, 0.25) is 0 Å². The standard InChI is InChI=1S/C21H27N3O4/c1-14(2)12-17(19(26)22-13-18(25)23-10-6-3-7-11-23)24-20(27)15-8-4-5-9-16(15)21(24)28/h4-5,8-9,14,17H,3,6-7,10-13H2,1-2H3,(H,22,26). The van der Waals surface area contributed by atoms with Crippen LogP contribution in [0.25, 0.3) is 0 Å². The van der Waals surface area contributed by atoms with Crippen molar-refractivity contribution in [3.05, 3.63) is 35.4 Å². The molecular weight excluding hydrogens is 358 g/mol. The molecule has 28 heavy (non-hydrogen) atoms. The van der Waals surface area contributed by atoms with Gasteiger partial charge in [0.25, 0.3) is 11.8 Å². The summed E-state index contributed by atoms with van der Waals surface area (Å²) in [5.41, 5.74) is 0.636. The minimum absolute atomic E-state index is 0.0952. The fourth-order valence-corrected chi connectivity index (χ4v) is 3.80. The molecule has 1 saturated heterocycles. The summed E-state index contributed by atoms with van der Waals surface area (Å²) < 4.78 is 0. The zero-order valence-electron chi connectivity index (χ0n) is 16.4. The van der Waals surface area contributed by atoms with Gasteiger partial charge in [-0.05, 0) is 43.7 Å². The lowest BCUT2D eigenvalue weighted by Gasteiger charge is -2.29. The third-order valence-corrected chi connectivity index (χ3v) is 5.26. The SMILES string of the molecule is CC(C)CC(C(=O)NCC(=O)N1CCCCC1)N1C(=O)c2ccccc2C1=O. The molecular formula is C21H27N3O4. The van der Waals surface area contributed by atoms with E-state index in [2.05, 4.69) is 5.32 Å². The van der Waals surface area contributed by atoms with E-state index >= 15 is 0 Å². The second-order valence-corrected chi connectivity index (χ2v) is 7.83. The smallest absolute Gasteiger partial charge is 0.262 e. The molecule has 7 heteroatoms. The van der Waals surface area contributed by atoms with Crippen molar-refractivity contribution in [2.45, 2.75) is 45.6 Å². The zero-order valence-corrected chi connectivity index (χ0v) is 16.4. The molecule has 2 heterocycles. The molecule has 0 aliphatic carbocycles. The topological polar surface area (TPSA) is 86.8 Å². The van der Waals surface area contributed by atoms with Crippen LogP contribution in [0.15, 0.2) is 24.3 Å². The summed E-state index contributed by atoms with van der Waals surface area (Å²) in [5.74, 6) is -1.40. The number of carbonyl (C=O) groups excluding carboxylic acids is 4. The van der Waals surface area contributed by atoms with Gasteiger partial charge in [0.2, 0.25) is 11.8 Å². The van der Waals surface area contributed by atoms with E-state index in [9.17, 15) is 19.2 Å². The normalized spacial score (nSPS) is 17.7. The van der Waals surface area contributed by atoms with Gasteiger partial charge in [0, 0.05) is 13.1 Å². The molecule has 150 valence electrons. The average Bonchev–Trinajstić information content (AvgIpc) is 2.95. The van der Waals surface area contributed by atoms with Crippen LogP contribution in [0.5, 0.6) is 0 Å². The maximum absolute atomic E-state index is 12.9. The molecule has 0 radical (unpaired) electrons. The molecule has 1 aromatic carbocycles. The van der Waals surface area contributed by atoms with Crippen LogP contribution < -0.4 is 5.32 Å². The summed E-state index contributed by atoms with van der Waals surface area (Å²) in [5, 5.41) is 2.65. The lowest BCUT2D eigenvalue weighted by molar-refractivity contribution is -0.134. The first-order valence-electron chi connectivity index (χ1n) is 9.92. The minimum atomic E-state index is -0.929. The number of amides is 4. The summed E-state index contributed by atoms with van der Waals surface area (Å²) in [6, 6.07) is 5.66. The molecule has 4 amide bonds. The predicted octanol–water partition coefficient (Wildman–Crippen LogP) is 1.83. The molecule has 1 aromatic rings. The van der Waals surface area contributed by atoms with Gasteiger partial charge in [-0.15, -0.1) is 0 Å². The number of likely N-dealkylation sites (tertiary alicyclic amines) is 1. The summed E-state index contributed by atoms with van der Waals surface area (Å²) in [7, 11) is 0. The van der Waals surface area contributed by atoms with Crippen molar-refractivity contribution >= 4 is 23.6 Å². The Morgan fingerprint density at radius 1 is 1.00 bits per heavy atom. The van der Waals surface area contributed by atoms with E-state index < -0.39 is 23.8 Å². The third kappa shape index (κ3) is 4.08. The quantitative estimate of drug-likeness (QED) is 0.757. The molecule has 0 bridgehead atoms. The Labute approximate surface area is 165 Å². The molecule has 2 aliphatic rings. The molecule has 1 unspecified atom stereocenters. The first kappa shape index (κ1) is 20.0. The molecule has 2 aliphatic heterocycles. The highest BCUT2D eigenvalue weighted by molar-refractivity contribution is 6.22. The second-order valence-electron chi connectivity index (χ2n) is 7.83. The van der Waals surface area contributed by atoms with E-state index in [1.165, 1.54) is 0 Å². The fraction of sp³-hybridized carbons (Fsp3) is 0.524. The number of nitrogens with zero attached hydrogens (tertiary/aromatic N) is 2. The lowest BCUT2D eigenvalue weighted by Crippen LogP contribution is -2.52. The second kappa shape index (κ2) is 8.54. The predicted molar refractivity (Wildman–Crippen MR) is 104 cm³/mol. The molecule has 1 atom stereocenters. The Bertz CT molecular complexity index is 749. The summed E-state index contributed by atoms with van der Waals surface area (Å²) in [6.45, 7) is 5.16. The van der Waals surface area contributed by atoms with Gasteiger partial charge in [0.1, 0.15) is 6.04 Å². The van der Waals surface area contributed by atoms with Gasteiger partial charge >= 0.3 is 0 Å². The van der Waals surface area contributed by atoms with Crippen LogP contribution >= 0.6 is 0 Å². The average molecular weight is 385 g/mol. The number of rotatable bonds is 6. The monoisotopic (exact) mass is 385 g/mol. The van der Waals surface area contributed by atoms with Gasteiger partial charge in [-0.1, -0.05) is 26.0 Å². The van der Waals surface area contributed by atoms with E-state index in [1.807, 2.05) is 13.8 Å². The minimum Gasteiger partial charge on any atom is -0.345 e. The van der Waals surface area contributed by atoms with Crippen molar-refractivity contribution < 1.29 is 19.2 Å². The molecule has 3 rings (SSSR count). The van der Waals surface area contributed by atoms with Crippen LogP contribution in [0, 0.1) is 5.92 Å². The largest absolute Gasteiger partial charge is 0.345 e. The number of carbonyl (C=O) groups is 4. The molecule has 1 fully saturated rings. The number of piperidine rings is 1. The maximum Gasteiger partial charge on any atom is 0.262 e. The van der Waals surface area contributed by atoms with Crippen molar-refractivity contribution in [3.63, 3.8) is 0 Å². The van der Waals surface area contributed by atoms with Crippen molar-refractivity contribution in [2.75, 3.05) is 19.6 Å². The fourth-order valence-electron chi connectivity index (χ4n) is 3.80. The molecule has 0 aromatic heterocycles. The van der Waals surface area contributed by atoms with E-state index in [1.54, 1.807) is 29.2 Å². The van der Waals surface area contributed by atoms with Crippen molar-refractivity contribution in [2.24, 2.45) is 5.92 Å². The first-order valence-corrected chi connectivity index (χ1v) is 9.92. The van der Waals surface area contributed by atoms with Crippen molar-refractivity contribution in [1.29, 1.82) is 0 Å². The van der Waals surface area contributed by atoms with Gasteiger partial charge < -0.3 is 10.2 Å². The van der Waals surface area contributed by atoms with Crippen LogP contribution in [0.4, 0.5) is 0 Å². The van der Waals surface area contributed by atoms with E-state index in [0.717, 1.165) is 24.2 Å². The highest BCUT2D eigenvalue weighted by Gasteiger charge is 2.42. The van der Waals surface area contributed by atoms with Crippen LogP contribution in [0.1, 0.15) is 60.2 Å². The Morgan fingerprint density at radius 2 is 1.57 bits per heavy atom. The lowest BCUT2D eigenvalue weighted by atomic mass is 10.0. The summed E-state index contributed by atoms with van der Waals surface area (Å²) >= 11 is 0. The maximum atomic E-state index is 12.9. The Hall–Kier alpha value is -2.70. The van der Waals surface area contributed by atoms with Crippen LogP contribution in [-0.4, -0.2) is 59.1 Å². The highest BCUT2D eigenvalue weighted by Crippen LogP contribution is 2.27. The Balaban J connectivity index is 1.71. The van der Waals surface area contributed by atoms with Crippen LogP contribution in [0.3, 0.4) is 0 Å². The Morgan fingerprint density at radius 3 is 2.11 bits per heavy atom. The number of hydrogen-bond acceptors (Lipinski definition) is 4. The molecule has 7 nitrogen and oxygen atoms in total. The molecule has 0 saturated carbocycles. The number of hydrogen-bond donors (Lipinski definition) is 1. The first-order chi connectivity index (χ1) is 13.4. The highest BCUT2D eigenvalue weighted by atomic mass is 16.2. The van der Waals surface area contributed by atoms with Gasteiger partial charge in [-0.3, -0.25) is 24.1 Å². The summed E-state index contributed by atoms with van der Waals surface area (Å²) in [4.78, 5) is 53.5. The van der Waals surface area contributed by atoms with E-state index in [-0.39, 0.29) is 18.4 Å². The van der Waals surface area contributed by atoms with Crippen LogP contribution in [-0.2, 0) is 9.59 Å². The van der Waals surface area contributed by atoms with Crippen molar-refractivity contribution in [1.82, 2.24) is 15.1 Å². The molecule has 1 N–H and O–H groups in total. The van der Waals surface area contributed by atoms with Gasteiger partial charge in [-0.25, -0.2) is 0 Å². The number of imide groups is 1. The van der Waals surface area contributed by atoms with Crippen molar-refractivity contribution in [3.8, 4) is 0 Å². The van der Waals surface area contributed by atoms with Gasteiger partial charge in [0.15, 0.2) is 0 Å². The van der Waals surface area contributed by atoms with Gasteiger partial charge in [0.05, 0.1) is 17.7 Å². The zero-order chi connectivity index (χ0) is 20.3. The number of fused-ring (bicyclic) bond motifs is 1. The Kier molecular flexibility index (Phi) is 6.11. The number of benzene rings is 1. The van der Waals surface area contributed by atoms with E-state index in [4.69, 9.17) is 0 Å². The third-order valence-electron chi connectivity index (χ3n) is 5.26. The van der Waals surface area contributed by atoms with Gasteiger partial charge in [-0.2, -0.15) is 0 Å². The number of nitrogens with one attached hydrogen (secondary N) is 1. The molecule has 0 spiro atoms. The summed E-state index contributed by atoms with van der Waals surface area (Å²) in [6.07, 6.45) is 3.41.